The Balaban J connectivity index is 1.51. The van der Waals surface area contributed by atoms with Crippen LogP contribution in [0.3, 0.4) is 0 Å². The molecule has 0 fully saturated rings. The monoisotopic (exact) mass is 355 g/mol. The van der Waals surface area contributed by atoms with Crippen molar-refractivity contribution >= 4 is 5.91 Å². The van der Waals surface area contributed by atoms with Gasteiger partial charge in [0.05, 0.1) is 11.8 Å². The number of hydrogen-bond acceptors (Lipinski definition) is 4. The van der Waals surface area contributed by atoms with Gasteiger partial charge in [0.2, 0.25) is 0 Å². The van der Waals surface area contributed by atoms with E-state index >= 15 is 0 Å². The SMILES string of the molecule is O=C(NC[C@@H](O)c1ccccc1)c1cc(COc2cccc(F)c2)[nH]n1. The normalized spacial score (nSPS) is 11.8. The molecule has 0 unspecified atom stereocenters. The fourth-order valence-corrected chi connectivity index (χ4v) is 2.34. The highest BCUT2D eigenvalue weighted by Crippen LogP contribution is 2.14. The molecule has 0 saturated carbocycles. The summed E-state index contributed by atoms with van der Waals surface area (Å²) < 4.78 is 18.5. The van der Waals surface area contributed by atoms with Gasteiger partial charge in [-0.15, -0.1) is 0 Å². The number of benzene rings is 2. The Morgan fingerprint density at radius 2 is 2.00 bits per heavy atom. The van der Waals surface area contributed by atoms with Crippen LogP contribution in [0.5, 0.6) is 5.75 Å². The number of aliphatic hydroxyl groups excluding tert-OH is 1. The maximum atomic E-state index is 13.1. The summed E-state index contributed by atoms with van der Waals surface area (Å²) >= 11 is 0. The van der Waals surface area contributed by atoms with Crippen molar-refractivity contribution < 1.29 is 19.0 Å². The third-order valence-electron chi connectivity index (χ3n) is 3.69. The molecule has 2 aromatic carbocycles. The minimum Gasteiger partial charge on any atom is -0.487 e. The third kappa shape index (κ3) is 4.67. The number of amides is 1. The number of aliphatic hydroxyl groups is 1. The first-order chi connectivity index (χ1) is 12.6. The first-order valence-corrected chi connectivity index (χ1v) is 8.05. The number of rotatable bonds is 7. The zero-order valence-electron chi connectivity index (χ0n) is 13.9. The predicted molar refractivity (Wildman–Crippen MR) is 93.1 cm³/mol. The number of halogens is 1. The average molecular weight is 355 g/mol. The smallest absolute Gasteiger partial charge is 0.271 e. The Labute approximate surface area is 149 Å². The van der Waals surface area contributed by atoms with Crippen molar-refractivity contribution in [3.8, 4) is 5.75 Å². The van der Waals surface area contributed by atoms with Crippen LogP contribution in [0, 0.1) is 5.82 Å². The molecule has 0 saturated heterocycles. The summed E-state index contributed by atoms with van der Waals surface area (Å²) in [5.41, 5.74) is 1.48. The predicted octanol–water partition coefficient (Wildman–Crippen LogP) is 2.59. The van der Waals surface area contributed by atoms with Crippen LogP contribution in [0.15, 0.2) is 60.7 Å². The molecule has 3 N–H and O–H groups in total. The largest absolute Gasteiger partial charge is 0.487 e. The topological polar surface area (TPSA) is 87.2 Å². The van der Waals surface area contributed by atoms with Crippen molar-refractivity contribution in [2.75, 3.05) is 6.54 Å². The molecule has 0 aliphatic carbocycles. The van der Waals surface area contributed by atoms with Crippen LogP contribution in [0.2, 0.25) is 0 Å². The van der Waals surface area contributed by atoms with Crippen molar-refractivity contribution in [3.63, 3.8) is 0 Å². The van der Waals surface area contributed by atoms with E-state index in [1.165, 1.54) is 12.1 Å². The van der Waals surface area contributed by atoms with E-state index < -0.39 is 12.0 Å². The minimum atomic E-state index is -0.796. The number of hydrogen-bond donors (Lipinski definition) is 3. The molecule has 1 amide bonds. The zero-order valence-corrected chi connectivity index (χ0v) is 13.9. The molecule has 1 aromatic heterocycles. The third-order valence-corrected chi connectivity index (χ3v) is 3.69. The number of carbonyl (C=O) groups is 1. The minimum absolute atomic E-state index is 0.0742. The second-order valence-corrected chi connectivity index (χ2v) is 5.66. The molecule has 0 bridgehead atoms. The van der Waals surface area contributed by atoms with Crippen molar-refractivity contribution in [2.24, 2.45) is 0 Å². The highest BCUT2D eigenvalue weighted by molar-refractivity contribution is 5.92. The standard InChI is InChI=1S/C19H18FN3O3/c20-14-7-4-8-16(9-14)26-12-15-10-17(23-22-15)19(25)21-11-18(24)13-5-2-1-3-6-13/h1-10,18,24H,11-12H2,(H,21,25)(H,22,23)/t18-/m1/s1. The number of aromatic nitrogens is 2. The van der Waals surface area contributed by atoms with Gasteiger partial charge in [-0.25, -0.2) is 4.39 Å². The number of ether oxygens (including phenoxy) is 1. The van der Waals surface area contributed by atoms with Gasteiger partial charge in [0, 0.05) is 12.6 Å². The fourth-order valence-electron chi connectivity index (χ4n) is 2.34. The Bertz CT molecular complexity index is 867. The average Bonchev–Trinajstić information content (AvgIpc) is 3.14. The summed E-state index contributed by atoms with van der Waals surface area (Å²) in [6.45, 7) is 0.196. The highest BCUT2D eigenvalue weighted by Gasteiger charge is 2.13. The molecule has 26 heavy (non-hydrogen) atoms. The number of carbonyl (C=O) groups excluding carboxylic acids is 1. The van der Waals surface area contributed by atoms with E-state index in [4.69, 9.17) is 4.74 Å². The van der Waals surface area contributed by atoms with Crippen LogP contribution in [-0.2, 0) is 6.61 Å². The highest BCUT2D eigenvalue weighted by atomic mass is 19.1. The van der Waals surface area contributed by atoms with Gasteiger partial charge in [-0.3, -0.25) is 9.89 Å². The number of H-pyrrole nitrogens is 1. The van der Waals surface area contributed by atoms with Crippen molar-refractivity contribution in [1.29, 1.82) is 0 Å². The lowest BCUT2D eigenvalue weighted by molar-refractivity contribution is 0.0911. The van der Waals surface area contributed by atoms with Crippen molar-refractivity contribution in [3.05, 3.63) is 83.4 Å². The van der Waals surface area contributed by atoms with E-state index in [2.05, 4.69) is 15.5 Å². The van der Waals surface area contributed by atoms with Crippen LogP contribution in [0.4, 0.5) is 4.39 Å². The second-order valence-electron chi connectivity index (χ2n) is 5.66. The van der Waals surface area contributed by atoms with Crippen LogP contribution < -0.4 is 10.1 Å². The Morgan fingerprint density at radius 3 is 2.77 bits per heavy atom. The van der Waals surface area contributed by atoms with Crippen LogP contribution >= 0.6 is 0 Å². The molecule has 3 rings (SSSR count). The molecule has 0 radical (unpaired) electrons. The van der Waals surface area contributed by atoms with Crippen LogP contribution in [-0.4, -0.2) is 27.8 Å². The van der Waals surface area contributed by atoms with Crippen LogP contribution in [0.1, 0.15) is 27.8 Å². The number of nitrogens with one attached hydrogen (secondary N) is 2. The summed E-state index contributed by atoms with van der Waals surface area (Å²) in [5.74, 6) is -0.408. The summed E-state index contributed by atoms with van der Waals surface area (Å²) in [7, 11) is 0. The summed E-state index contributed by atoms with van der Waals surface area (Å²) in [6.07, 6.45) is -0.796. The molecule has 6 nitrogen and oxygen atoms in total. The molecule has 0 spiro atoms. The van der Waals surface area contributed by atoms with Gasteiger partial charge >= 0.3 is 0 Å². The summed E-state index contributed by atoms with van der Waals surface area (Å²) in [6, 6.07) is 16.4. The van der Waals surface area contributed by atoms with Crippen molar-refractivity contribution in [2.45, 2.75) is 12.7 Å². The lowest BCUT2D eigenvalue weighted by atomic mass is 10.1. The number of aromatic amines is 1. The van der Waals surface area contributed by atoms with Gasteiger partial charge in [0.15, 0.2) is 0 Å². The molecule has 7 heteroatoms. The molecular weight excluding hydrogens is 337 g/mol. The molecule has 0 aliphatic heterocycles. The van der Waals surface area contributed by atoms with Gasteiger partial charge in [-0.1, -0.05) is 36.4 Å². The lowest BCUT2D eigenvalue weighted by Crippen LogP contribution is -2.28. The Hall–Kier alpha value is -3.19. The van der Waals surface area contributed by atoms with E-state index in [0.29, 0.717) is 11.4 Å². The Kier molecular flexibility index (Phi) is 5.60. The lowest BCUT2D eigenvalue weighted by Gasteiger charge is -2.11. The molecule has 1 atom stereocenters. The Morgan fingerprint density at radius 1 is 1.19 bits per heavy atom. The van der Waals surface area contributed by atoms with E-state index in [1.807, 2.05) is 18.2 Å². The van der Waals surface area contributed by atoms with Crippen molar-refractivity contribution in [1.82, 2.24) is 15.5 Å². The van der Waals surface area contributed by atoms with Gasteiger partial charge in [0.25, 0.3) is 5.91 Å². The van der Waals surface area contributed by atoms with Gasteiger partial charge < -0.3 is 15.2 Å². The summed E-state index contributed by atoms with van der Waals surface area (Å²) in [5, 5.41) is 19.3. The molecular formula is C19H18FN3O3. The van der Waals surface area contributed by atoms with E-state index in [-0.39, 0.29) is 24.7 Å². The first kappa shape index (κ1) is 17.6. The van der Waals surface area contributed by atoms with Gasteiger partial charge in [-0.2, -0.15) is 5.10 Å². The second kappa shape index (κ2) is 8.26. The zero-order chi connectivity index (χ0) is 18.4. The molecule has 134 valence electrons. The fraction of sp³-hybridized carbons (Fsp3) is 0.158. The van der Waals surface area contributed by atoms with Gasteiger partial charge in [-0.05, 0) is 23.8 Å². The maximum absolute atomic E-state index is 13.1. The number of nitrogens with zero attached hydrogens (tertiary/aromatic N) is 1. The quantitative estimate of drug-likeness (QED) is 0.608. The first-order valence-electron chi connectivity index (χ1n) is 8.05. The van der Waals surface area contributed by atoms with Gasteiger partial charge in [0.1, 0.15) is 23.9 Å². The summed E-state index contributed by atoms with van der Waals surface area (Å²) in [4.78, 5) is 12.1. The maximum Gasteiger partial charge on any atom is 0.271 e. The van der Waals surface area contributed by atoms with E-state index in [9.17, 15) is 14.3 Å². The molecule has 1 heterocycles. The molecule has 3 aromatic rings. The van der Waals surface area contributed by atoms with E-state index in [1.54, 1.807) is 30.3 Å². The molecule has 0 aliphatic rings. The van der Waals surface area contributed by atoms with Crippen LogP contribution in [0.25, 0.3) is 0 Å². The van der Waals surface area contributed by atoms with E-state index in [0.717, 1.165) is 5.56 Å².